The molecule has 1 fully saturated rings. The van der Waals surface area contributed by atoms with Crippen molar-refractivity contribution in [3.05, 3.63) is 24.3 Å². The second-order valence-corrected chi connectivity index (χ2v) is 5.93. The van der Waals surface area contributed by atoms with Crippen LogP contribution in [0.5, 0.6) is 5.75 Å². The molecule has 1 aromatic carbocycles. The minimum Gasteiger partial charge on any atom is -0.497 e. The lowest BCUT2D eigenvalue weighted by atomic mass is 9.99. The van der Waals surface area contributed by atoms with E-state index in [1.807, 2.05) is 19.0 Å². The highest BCUT2D eigenvalue weighted by molar-refractivity contribution is 6.35. The third kappa shape index (κ3) is 4.21. The third-order valence-electron chi connectivity index (χ3n) is 3.82. The Morgan fingerprint density at radius 1 is 1.24 bits per heavy atom. The molecule has 1 heterocycles. The van der Waals surface area contributed by atoms with Gasteiger partial charge < -0.3 is 9.64 Å². The molecule has 1 atom stereocenters. The maximum absolute atomic E-state index is 12.8. The molecule has 25 heavy (non-hydrogen) atoms. The summed E-state index contributed by atoms with van der Waals surface area (Å²) < 4.78 is 5.07. The second kappa shape index (κ2) is 7.89. The first-order chi connectivity index (χ1) is 11.8. The van der Waals surface area contributed by atoms with Crippen molar-refractivity contribution in [1.29, 1.82) is 0 Å². The number of carbonyl (C=O) groups excluding carboxylic acids is 3. The van der Waals surface area contributed by atoms with Crippen molar-refractivity contribution in [2.75, 3.05) is 39.2 Å². The van der Waals surface area contributed by atoms with Crippen LogP contribution in [0.25, 0.3) is 0 Å². The average Bonchev–Trinajstić information content (AvgIpc) is 2.54. The molecule has 1 aliphatic heterocycles. The number of aliphatic imine (C=N–C) groups is 1. The fraction of sp³-hybridized carbons (Fsp3) is 0.412. The Hall–Kier alpha value is -2.74. The molecule has 134 valence electrons. The van der Waals surface area contributed by atoms with Crippen molar-refractivity contribution in [3.63, 3.8) is 0 Å². The van der Waals surface area contributed by atoms with Crippen LogP contribution in [-0.4, -0.2) is 62.8 Å². The number of rotatable bonds is 6. The maximum Gasteiger partial charge on any atom is 0.335 e. The van der Waals surface area contributed by atoms with Crippen molar-refractivity contribution >= 4 is 29.2 Å². The first kappa shape index (κ1) is 18.6. The molecule has 8 nitrogen and oxygen atoms in total. The van der Waals surface area contributed by atoms with E-state index in [0.29, 0.717) is 30.2 Å². The van der Waals surface area contributed by atoms with Gasteiger partial charge in [0.1, 0.15) is 5.75 Å². The Labute approximate surface area is 146 Å². The molecule has 0 aromatic heterocycles. The van der Waals surface area contributed by atoms with E-state index in [1.165, 1.54) is 7.11 Å². The Morgan fingerprint density at radius 2 is 1.88 bits per heavy atom. The Kier molecular flexibility index (Phi) is 5.87. The number of barbiturate groups is 1. The van der Waals surface area contributed by atoms with Gasteiger partial charge in [0, 0.05) is 12.3 Å². The minimum atomic E-state index is -1.11. The molecule has 0 aliphatic carbocycles. The molecule has 0 saturated carbocycles. The number of amides is 4. The van der Waals surface area contributed by atoms with E-state index in [1.54, 1.807) is 31.2 Å². The summed E-state index contributed by atoms with van der Waals surface area (Å²) >= 11 is 0. The summed E-state index contributed by atoms with van der Waals surface area (Å²) in [7, 11) is 5.34. The predicted octanol–water partition coefficient (Wildman–Crippen LogP) is 0.917. The van der Waals surface area contributed by atoms with Crippen LogP contribution < -0.4 is 15.0 Å². The molecule has 0 spiro atoms. The number of likely N-dealkylation sites (N-methyl/N-ethyl adjacent to an activating group) is 1. The molecule has 1 N–H and O–H groups in total. The number of hydrogen-bond acceptors (Lipinski definition) is 6. The van der Waals surface area contributed by atoms with Crippen LogP contribution in [0.15, 0.2) is 29.3 Å². The monoisotopic (exact) mass is 346 g/mol. The van der Waals surface area contributed by atoms with Gasteiger partial charge in [-0.25, -0.2) is 9.69 Å². The van der Waals surface area contributed by atoms with E-state index in [2.05, 4.69) is 10.3 Å². The van der Waals surface area contributed by atoms with Crippen LogP contribution in [-0.2, 0) is 9.59 Å². The number of urea groups is 1. The van der Waals surface area contributed by atoms with Crippen LogP contribution in [0, 0.1) is 5.92 Å². The lowest BCUT2D eigenvalue weighted by Crippen LogP contribution is -2.60. The molecular formula is C17H22N4O4. The largest absolute Gasteiger partial charge is 0.497 e. The molecule has 2 rings (SSSR count). The normalized spacial score (nSPS) is 18.6. The predicted molar refractivity (Wildman–Crippen MR) is 94.0 cm³/mol. The van der Waals surface area contributed by atoms with Crippen LogP contribution in [0.3, 0.4) is 0 Å². The van der Waals surface area contributed by atoms with E-state index in [-0.39, 0.29) is 0 Å². The van der Waals surface area contributed by atoms with E-state index < -0.39 is 23.8 Å². The van der Waals surface area contributed by atoms with Crippen molar-refractivity contribution in [1.82, 2.24) is 10.2 Å². The lowest BCUT2D eigenvalue weighted by molar-refractivity contribution is -0.131. The second-order valence-electron chi connectivity index (χ2n) is 5.93. The first-order valence-corrected chi connectivity index (χ1v) is 7.83. The highest BCUT2D eigenvalue weighted by atomic mass is 16.5. The van der Waals surface area contributed by atoms with Crippen molar-refractivity contribution in [2.24, 2.45) is 10.9 Å². The van der Waals surface area contributed by atoms with Crippen molar-refractivity contribution < 1.29 is 19.1 Å². The number of methoxy groups -OCH3 is 1. The maximum atomic E-state index is 12.8. The number of anilines is 1. The van der Waals surface area contributed by atoms with Crippen LogP contribution in [0.4, 0.5) is 10.5 Å². The number of imide groups is 2. The first-order valence-electron chi connectivity index (χ1n) is 7.83. The van der Waals surface area contributed by atoms with Crippen LogP contribution in [0.1, 0.15) is 6.92 Å². The zero-order valence-electron chi connectivity index (χ0n) is 14.8. The quantitative estimate of drug-likeness (QED) is 0.611. The number of hydrogen-bond donors (Lipinski definition) is 1. The van der Waals surface area contributed by atoms with Gasteiger partial charge in [0.2, 0.25) is 5.91 Å². The van der Waals surface area contributed by atoms with E-state index in [0.717, 1.165) is 4.90 Å². The fourth-order valence-corrected chi connectivity index (χ4v) is 2.44. The summed E-state index contributed by atoms with van der Waals surface area (Å²) in [5, 5.41) is 2.22. The minimum absolute atomic E-state index is 0.363. The van der Waals surface area contributed by atoms with Gasteiger partial charge in [-0.3, -0.25) is 19.9 Å². The van der Waals surface area contributed by atoms with Gasteiger partial charge >= 0.3 is 6.03 Å². The summed E-state index contributed by atoms with van der Waals surface area (Å²) in [5.74, 6) is -1.76. The summed E-state index contributed by atoms with van der Waals surface area (Å²) in [6.45, 7) is 2.78. The summed E-state index contributed by atoms with van der Waals surface area (Å²) in [6.07, 6.45) is 0. The number of carbonyl (C=O) groups is 3. The van der Waals surface area contributed by atoms with Gasteiger partial charge in [0.25, 0.3) is 5.91 Å². The summed E-state index contributed by atoms with van der Waals surface area (Å²) in [6, 6.07) is 5.68. The fourth-order valence-electron chi connectivity index (χ4n) is 2.44. The third-order valence-corrected chi connectivity index (χ3v) is 3.82. The zero-order chi connectivity index (χ0) is 18.6. The zero-order valence-corrected chi connectivity index (χ0v) is 14.8. The van der Waals surface area contributed by atoms with Crippen molar-refractivity contribution in [3.8, 4) is 5.75 Å². The molecule has 0 bridgehead atoms. The standard InChI is InChI=1S/C17H22N4O4/c1-11(18-9-10-20(2)3)14-15(22)19-17(24)21(16(14)23)12-5-7-13(25-4)8-6-12/h5-8,14H,9-10H2,1-4H3,(H,19,22,24). The molecule has 1 aliphatic rings. The Bertz CT molecular complexity index is 697. The van der Waals surface area contributed by atoms with Gasteiger partial charge in [-0.05, 0) is 45.3 Å². The van der Waals surface area contributed by atoms with Gasteiger partial charge in [-0.15, -0.1) is 0 Å². The molecule has 1 unspecified atom stereocenters. The number of ether oxygens (including phenoxy) is 1. The topological polar surface area (TPSA) is 91.3 Å². The summed E-state index contributed by atoms with van der Waals surface area (Å²) in [4.78, 5) is 44.2. The Morgan fingerprint density at radius 3 is 2.44 bits per heavy atom. The molecule has 0 radical (unpaired) electrons. The molecular weight excluding hydrogens is 324 g/mol. The lowest BCUT2D eigenvalue weighted by Gasteiger charge is -2.30. The van der Waals surface area contributed by atoms with Gasteiger partial charge in [-0.1, -0.05) is 0 Å². The van der Waals surface area contributed by atoms with E-state index in [9.17, 15) is 14.4 Å². The number of nitrogens with one attached hydrogen (secondary N) is 1. The van der Waals surface area contributed by atoms with Crippen molar-refractivity contribution in [2.45, 2.75) is 6.92 Å². The SMILES string of the molecule is COc1ccc(N2C(=O)NC(=O)C(C(C)=NCCN(C)C)C2=O)cc1. The van der Waals surface area contributed by atoms with E-state index >= 15 is 0 Å². The summed E-state index contributed by atoms with van der Waals surface area (Å²) in [5.41, 5.74) is 0.747. The van der Waals surface area contributed by atoms with Gasteiger partial charge in [-0.2, -0.15) is 0 Å². The highest BCUT2D eigenvalue weighted by Crippen LogP contribution is 2.24. The molecule has 1 saturated heterocycles. The van der Waals surface area contributed by atoms with E-state index in [4.69, 9.17) is 4.74 Å². The highest BCUT2D eigenvalue weighted by Gasteiger charge is 2.42. The van der Waals surface area contributed by atoms with Gasteiger partial charge in [0.15, 0.2) is 5.92 Å². The number of benzene rings is 1. The molecule has 4 amide bonds. The molecule has 1 aromatic rings. The van der Waals surface area contributed by atoms with Crippen LogP contribution >= 0.6 is 0 Å². The Balaban J connectivity index is 2.25. The average molecular weight is 346 g/mol. The number of nitrogens with zero attached hydrogens (tertiary/aromatic N) is 3. The smallest absolute Gasteiger partial charge is 0.335 e. The van der Waals surface area contributed by atoms with Gasteiger partial charge in [0.05, 0.1) is 19.3 Å². The molecule has 8 heteroatoms. The van der Waals surface area contributed by atoms with Crippen LogP contribution in [0.2, 0.25) is 0 Å².